The van der Waals surface area contributed by atoms with E-state index in [0.717, 1.165) is 9.13 Å². The van der Waals surface area contributed by atoms with Crippen LogP contribution in [0.25, 0.3) is 0 Å². The Morgan fingerprint density at radius 2 is 1.70 bits per heavy atom. The first kappa shape index (κ1) is 14.4. The van der Waals surface area contributed by atoms with Crippen LogP contribution in [0.1, 0.15) is 5.56 Å². The molecule has 0 fully saturated rings. The quantitative estimate of drug-likeness (QED) is 0.621. The van der Waals surface area contributed by atoms with Crippen LogP contribution in [0.3, 0.4) is 0 Å². The summed E-state index contributed by atoms with van der Waals surface area (Å²) in [6.07, 6.45) is 1.57. The van der Waals surface area contributed by atoms with Crippen molar-refractivity contribution in [2.45, 2.75) is 6.92 Å². The lowest BCUT2D eigenvalue weighted by Gasteiger charge is -2.06. The van der Waals surface area contributed by atoms with Gasteiger partial charge >= 0.3 is 11.8 Å². The summed E-state index contributed by atoms with van der Waals surface area (Å²) in [6.45, 7) is 1.88. The maximum atomic E-state index is 11.7. The molecule has 2 rings (SSSR count). The fourth-order valence-electron chi connectivity index (χ4n) is 1.50. The van der Waals surface area contributed by atoms with Crippen molar-refractivity contribution in [3.8, 4) is 0 Å². The van der Waals surface area contributed by atoms with Crippen molar-refractivity contribution in [1.82, 2.24) is 4.98 Å². The molecule has 2 aromatic rings. The number of hydrogen-bond acceptors (Lipinski definition) is 3. The van der Waals surface area contributed by atoms with Gasteiger partial charge in [-0.15, -0.1) is 0 Å². The van der Waals surface area contributed by atoms with Crippen molar-refractivity contribution in [1.29, 1.82) is 0 Å². The van der Waals surface area contributed by atoms with Crippen LogP contribution in [0, 0.1) is 10.5 Å². The first-order valence-corrected chi connectivity index (χ1v) is 6.93. The molecule has 0 unspecified atom stereocenters. The van der Waals surface area contributed by atoms with E-state index in [4.69, 9.17) is 0 Å². The highest BCUT2D eigenvalue weighted by molar-refractivity contribution is 14.1. The average molecular weight is 381 g/mol. The molecule has 0 radical (unpaired) electrons. The Morgan fingerprint density at radius 1 is 1.05 bits per heavy atom. The lowest BCUT2D eigenvalue weighted by Crippen LogP contribution is -2.29. The fourth-order valence-corrected chi connectivity index (χ4v) is 1.86. The van der Waals surface area contributed by atoms with Gasteiger partial charge < -0.3 is 10.6 Å². The molecule has 5 nitrogen and oxygen atoms in total. The zero-order valence-electron chi connectivity index (χ0n) is 10.7. The second-order valence-electron chi connectivity index (χ2n) is 4.13. The number of halogens is 1. The van der Waals surface area contributed by atoms with Crippen molar-refractivity contribution in [3.05, 3.63) is 51.7 Å². The third-order valence-electron chi connectivity index (χ3n) is 2.47. The Bertz CT molecular complexity index is 641. The van der Waals surface area contributed by atoms with Gasteiger partial charge in [0.25, 0.3) is 0 Å². The van der Waals surface area contributed by atoms with Crippen molar-refractivity contribution in [2.75, 3.05) is 10.6 Å². The van der Waals surface area contributed by atoms with Gasteiger partial charge in [-0.25, -0.2) is 4.98 Å². The lowest BCUT2D eigenvalue weighted by molar-refractivity contribution is -0.133. The van der Waals surface area contributed by atoms with E-state index in [9.17, 15) is 9.59 Å². The minimum Gasteiger partial charge on any atom is -0.318 e. The summed E-state index contributed by atoms with van der Waals surface area (Å²) in [5.41, 5.74) is 1.52. The number of rotatable bonds is 2. The highest BCUT2D eigenvalue weighted by Gasteiger charge is 2.14. The summed E-state index contributed by atoms with van der Waals surface area (Å²) in [5, 5.41) is 4.97. The third-order valence-corrected chi connectivity index (χ3v) is 3.18. The van der Waals surface area contributed by atoms with Gasteiger partial charge in [0.15, 0.2) is 0 Å². The minimum absolute atomic E-state index is 0.354. The molecular formula is C14H12IN3O2. The number of hydrogen-bond donors (Lipinski definition) is 2. The number of aryl methyl sites for hydroxylation is 1. The number of benzene rings is 1. The smallest absolute Gasteiger partial charge is 0.315 e. The van der Waals surface area contributed by atoms with Crippen LogP contribution in [0.2, 0.25) is 0 Å². The number of amides is 2. The molecule has 0 saturated heterocycles. The second-order valence-corrected chi connectivity index (χ2v) is 5.38. The van der Waals surface area contributed by atoms with Gasteiger partial charge in [0.05, 0.1) is 0 Å². The van der Waals surface area contributed by atoms with Crippen LogP contribution in [-0.2, 0) is 9.59 Å². The molecule has 0 bridgehead atoms. The van der Waals surface area contributed by atoms with E-state index >= 15 is 0 Å². The molecule has 0 saturated carbocycles. The molecule has 1 aromatic heterocycles. The van der Waals surface area contributed by atoms with Gasteiger partial charge in [0, 0.05) is 15.5 Å². The van der Waals surface area contributed by atoms with Crippen molar-refractivity contribution in [3.63, 3.8) is 0 Å². The Labute approximate surface area is 129 Å². The topological polar surface area (TPSA) is 71.1 Å². The number of carbonyl (C=O) groups is 2. The Kier molecular flexibility index (Phi) is 4.67. The average Bonchev–Trinajstić information content (AvgIpc) is 2.41. The lowest BCUT2D eigenvalue weighted by atomic mass is 10.3. The van der Waals surface area contributed by atoms with E-state index in [1.165, 1.54) is 0 Å². The number of nitrogens with zero attached hydrogens (tertiary/aromatic N) is 1. The molecule has 0 atom stereocenters. The Morgan fingerprint density at radius 3 is 2.35 bits per heavy atom. The van der Waals surface area contributed by atoms with Crippen LogP contribution in [0.5, 0.6) is 0 Å². The standard InChI is InChI=1S/C14H12IN3O2/c1-9-6-7-16-12(8-9)18-14(20)13(19)17-11-4-2-10(15)3-5-11/h2-8H,1H3,(H,17,19)(H,16,18,20). The summed E-state index contributed by atoms with van der Waals surface area (Å²) in [6, 6.07) is 10.7. The molecule has 6 heteroatoms. The predicted molar refractivity (Wildman–Crippen MR) is 85.4 cm³/mol. The molecule has 102 valence electrons. The molecular weight excluding hydrogens is 369 g/mol. The number of pyridine rings is 1. The van der Waals surface area contributed by atoms with Gasteiger partial charge in [-0.05, 0) is 71.5 Å². The van der Waals surface area contributed by atoms with Crippen LogP contribution in [0.4, 0.5) is 11.5 Å². The largest absolute Gasteiger partial charge is 0.318 e. The summed E-state index contributed by atoms with van der Waals surface area (Å²) < 4.78 is 1.05. The highest BCUT2D eigenvalue weighted by atomic mass is 127. The maximum absolute atomic E-state index is 11.7. The molecule has 2 amide bonds. The van der Waals surface area contributed by atoms with Crippen LogP contribution >= 0.6 is 22.6 Å². The SMILES string of the molecule is Cc1ccnc(NC(=O)C(=O)Nc2ccc(I)cc2)c1. The molecule has 20 heavy (non-hydrogen) atoms. The van der Waals surface area contributed by atoms with Crippen molar-refractivity contribution in [2.24, 2.45) is 0 Å². The van der Waals surface area contributed by atoms with E-state index in [1.54, 1.807) is 30.5 Å². The van der Waals surface area contributed by atoms with E-state index in [2.05, 4.69) is 38.2 Å². The van der Waals surface area contributed by atoms with Crippen molar-refractivity contribution >= 4 is 45.9 Å². The number of anilines is 2. The summed E-state index contributed by atoms with van der Waals surface area (Å²) >= 11 is 2.16. The normalized spacial score (nSPS) is 9.90. The molecule has 1 aromatic carbocycles. The number of carbonyl (C=O) groups excluding carboxylic acids is 2. The van der Waals surface area contributed by atoms with E-state index in [0.29, 0.717) is 11.5 Å². The monoisotopic (exact) mass is 381 g/mol. The van der Waals surface area contributed by atoms with Crippen molar-refractivity contribution < 1.29 is 9.59 Å². The molecule has 0 aliphatic carbocycles. The summed E-state index contributed by atoms with van der Waals surface area (Å²) in [4.78, 5) is 27.4. The van der Waals surface area contributed by atoms with Gasteiger partial charge in [-0.2, -0.15) is 0 Å². The molecule has 0 aliphatic heterocycles. The second kappa shape index (κ2) is 6.47. The zero-order valence-corrected chi connectivity index (χ0v) is 12.8. The fraction of sp³-hybridized carbons (Fsp3) is 0.0714. The first-order chi connectivity index (χ1) is 9.54. The van der Waals surface area contributed by atoms with Crippen LogP contribution in [-0.4, -0.2) is 16.8 Å². The molecule has 0 spiro atoms. The third kappa shape index (κ3) is 4.02. The van der Waals surface area contributed by atoms with E-state index in [1.807, 2.05) is 19.1 Å². The zero-order chi connectivity index (χ0) is 14.5. The van der Waals surface area contributed by atoms with E-state index in [-0.39, 0.29) is 0 Å². The van der Waals surface area contributed by atoms with Gasteiger partial charge in [0.2, 0.25) is 0 Å². The van der Waals surface area contributed by atoms with Gasteiger partial charge in [-0.1, -0.05) is 0 Å². The molecule has 0 aliphatic rings. The molecule has 1 heterocycles. The minimum atomic E-state index is -0.748. The predicted octanol–water partition coefficient (Wildman–Crippen LogP) is 2.57. The summed E-state index contributed by atoms with van der Waals surface area (Å²) in [7, 11) is 0. The number of nitrogens with one attached hydrogen (secondary N) is 2. The molecule has 2 N–H and O–H groups in total. The highest BCUT2D eigenvalue weighted by Crippen LogP contribution is 2.11. The summed E-state index contributed by atoms with van der Waals surface area (Å²) in [5.74, 6) is -1.12. The Balaban J connectivity index is 1.98. The number of aromatic nitrogens is 1. The first-order valence-electron chi connectivity index (χ1n) is 5.85. The van der Waals surface area contributed by atoms with E-state index < -0.39 is 11.8 Å². The van der Waals surface area contributed by atoms with Crippen LogP contribution < -0.4 is 10.6 Å². The maximum Gasteiger partial charge on any atom is 0.315 e. The Hall–Kier alpha value is -1.96. The van der Waals surface area contributed by atoms with Crippen LogP contribution in [0.15, 0.2) is 42.6 Å². The van der Waals surface area contributed by atoms with Gasteiger partial charge in [-0.3, -0.25) is 9.59 Å². The van der Waals surface area contributed by atoms with Gasteiger partial charge in [0.1, 0.15) is 5.82 Å².